The van der Waals surface area contributed by atoms with Crippen LogP contribution in [-0.2, 0) is 14.3 Å². The van der Waals surface area contributed by atoms with E-state index < -0.39 is 0 Å². The number of benzene rings is 1. The molecule has 1 aliphatic heterocycles. The minimum absolute atomic E-state index is 0.138. The van der Waals surface area contributed by atoms with Gasteiger partial charge in [-0.3, -0.25) is 19.4 Å². The molecule has 152 valence electrons. The van der Waals surface area contributed by atoms with Gasteiger partial charge in [0.2, 0.25) is 5.91 Å². The first-order valence-corrected chi connectivity index (χ1v) is 10.5. The Labute approximate surface area is 179 Å². The first-order chi connectivity index (χ1) is 14.0. The lowest BCUT2D eigenvalue weighted by Gasteiger charge is -2.17. The van der Waals surface area contributed by atoms with Gasteiger partial charge in [-0.1, -0.05) is 18.2 Å². The average Bonchev–Trinajstić information content (AvgIpc) is 3.25. The molecule has 2 heterocycles. The fourth-order valence-electron chi connectivity index (χ4n) is 2.84. The van der Waals surface area contributed by atoms with Crippen molar-refractivity contribution in [1.82, 2.24) is 15.2 Å². The Kier molecular flexibility index (Phi) is 7.08. The summed E-state index contributed by atoms with van der Waals surface area (Å²) in [5.74, 6) is -0.325. The summed E-state index contributed by atoms with van der Waals surface area (Å²) in [6.45, 7) is 5.15. The van der Waals surface area contributed by atoms with Gasteiger partial charge in [-0.25, -0.2) is 4.98 Å². The van der Waals surface area contributed by atoms with Crippen molar-refractivity contribution in [1.29, 1.82) is 0 Å². The van der Waals surface area contributed by atoms with Gasteiger partial charge in [0.1, 0.15) is 5.70 Å². The van der Waals surface area contributed by atoms with Crippen molar-refractivity contribution >= 4 is 57.4 Å². The molecule has 1 aliphatic rings. The number of hydrogen-bond donors (Lipinski definition) is 1. The van der Waals surface area contributed by atoms with Crippen LogP contribution in [0.1, 0.15) is 26.0 Å². The van der Waals surface area contributed by atoms with Gasteiger partial charge in [-0.05, 0) is 43.8 Å². The van der Waals surface area contributed by atoms with Gasteiger partial charge in [0.05, 0.1) is 11.4 Å². The third-order valence-electron chi connectivity index (χ3n) is 4.16. The van der Waals surface area contributed by atoms with Crippen LogP contribution >= 0.6 is 23.6 Å². The Morgan fingerprint density at radius 3 is 2.83 bits per heavy atom. The zero-order chi connectivity index (χ0) is 20.8. The van der Waals surface area contributed by atoms with Crippen molar-refractivity contribution in [2.24, 2.45) is 0 Å². The Morgan fingerprint density at radius 2 is 2.14 bits per heavy atom. The summed E-state index contributed by atoms with van der Waals surface area (Å²) in [5.41, 5.74) is 1.70. The molecule has 7 nitrogen and oxygen atoms in total. The number of para-hydroxylation sites is 1. The molecule has 9 heteroatoms. The van der Waals surface area contributed by atoms with Gasteiger partial charge < -0.3 is 10.1 Å². The second kappa shape index (κ2) is 9.73. The number of carbonyl (C=O) groups is 2. The van der Waals surface area contributed by atoms with Crippen LogP contribution in [0, 0.1) is 0 Å². The molecule has 1 N–H and O–H groups in total. The molecule has 1 fully saturated rings. The quantitative estimate of drug-likeness (QED) is 0.393. The Hall–Kier alpha value is -2.62. The van der Waals surface area contributed by atoms with Crippen LogP contribution in [0.5, 0.6) is 0 Å². The molecule has 0 spiro atoms. The van der Waals surface area contributed by atoms with Crippen LogP contribution < -0.4 is 10.2 Å². The maximum absolute atomic E-state index is 12.6. The minimum atomic E-state index is -0.187. The molecule has 2 aromatic rings. The second-order valence-corrected chi connectivity index (χ2v) is 7.46. The summed E-state index contributed by atoms with van der Waals surface area (Å²) in [6, 6.07) is 9.32. The lowest BCUT2D eigenvalue weighted by Crippen LogP contribution is -2.32. The molecule has 0 bridgehead atoms. The van der Waals surface area contributed by atoms with E-state index in [4.69, 9.17) is 17.0 Å². The summed E-state index contributed by atoms with van der Waals surface area (Å²) >= 11 is 6.61. The average molecular weight is 431 g/mol. The third-order valence-corrected chi connectivity index (χ3v) is 5.33. The van der Waals surface area contributed by atoms with Gasteiger partial charge in [0.25, 0.3) is 5.91 Å². The molecule has 1 aromatic heterocycles. The van der Waals surface area contributed by atoms with E-state index in [-0.39, 0.29) is 11.8 Å². The van der Waals surface area contributed by atoms with Crippen LogP contribution in [0.3, 0.4) is 0 Å². The van der Waals surface area contributed by atoms with Crippen molar-refractivity contribution < 1.29 is 14.3 Å². The van der Waals surface area contributed by atoms with E-state index in [0.29, 0.717) is 47.8 Å². The van der Waals surface area contributed by atoms with Crippen molar-refractivity contribution in [3.63, 3.8) is 0 Å². The molecule has 0 saturated carbocycles. The fraction of sp³-hybridized carbons (Fsp3) is 0.300. The summed E-state index contributed by atoms with van der Waals surface area (Å²) in [5, 5.41) is 5.67. The van der Waals surface area contributed by atoms with Crippen molar-refractivity contribution in [3.8, 4) is 0 Å². The number of rotatable bonds is 8. The molecular weight excluding hydrogens is 408 g/mol. The van der Waals surface area contributed by atoms with Gasteiger partial charge >= 0.3 is 0 Å². The summed E-state index contributed by atoms with van der Waals surface area (Å²) in [4.78, 5) is 32.4. The molecule has 1 saturated heterocycles. The smallest absolute Gasteiger partial charge is 0.276 e. The standard InChI is InChI=1S/C20H22N4O3S2/c1-3-27-11-7-10-23-18(26)17(22-19(23)28)12-15-13-29-20(21-15)24(14(2)25)16-8-5-4-6-9-16/h4-6,8-9,12-13H,3,7,10-11H2,1-2H3,(H,22,28)/b17-12+. The van der Waals surface area contributed by atoms with E-state index in [0.717, 1.165) is 5.69 Å². The number of nitrogens with zero attached hydrogens (tertiary/aromatic N) is 3. The van der Waals surface area contributed by atoms with Crippen LogP contribution in [0.25, 0.3) is 6.08 Å². The van der Waals surface area contributed by atoms with Gasteiger partial charge in [0, 0.05) is 32.1 Å². The predicted molar refractivity (Wildman–Crippen MR) is 118 cm³/mol. The summed E-state index contributed by atoms with van der Waals surface area (Å²) < 4.78 is 5.31. The summed E-state index contributed by atoms with van der Waals surface area (Å²) in [6.07, 6.45) is 2.36. The molecule has 29 heavy (non-hydrogen) atoms. The zero-order valence-corrected chi connectivity index (χ0v) is 17.9. The topological polar surface area (TPSA) is 74.8 Å². The Bertz CT molecular complexity index is 927. The van der Waals surface area contributed by atoms with Crippen molar-refractivity contribution in [2.75, 3.05) is 24.7 Å². The minimum Gasteiger partial charge on any atom is -0.382 e. The number of thiocarbonyl (C=S) groups is 1. The summed E-state index contributed by atoms with van der Waals surface area (Å²) in [7, 11) is 0. The Balaban J connectivity index is 1.75. The first-order valence-electron chi connectivity index (χ1n) is 9.24. The zero-order valence-electron chi connectivity index (χ0n) is 16.3. The Morgan fingerprint density at radius 1 is 1.38 bits per heavy atom. The molecular formula is C20H22N4O3S2. The maximum Gasteiger partial charge on any atom is 0.276 e. The van der Waals surface area contributed by atoms with Crippen LogP contribution in [0.15, 0.2) is 41.4 Å². The number of anilines is 2. The normalized spacial score (nSPS) is 15.1. The molecule has 3 rings (SSSR count). The third kappa shape index (κ3) is 5.06. The van der Waals surface area contributed by atoms with Crippen LogP contribution in [-0.4, -0.2) is 46.6 Å². The van der Waals surface area contributed by atoms with Gasteiger partial charge in [0.15, 0.2) is 10.2 Å². The van der Waals surface area contributed by atoms with Gasteiger partial charge in [-0.2, -0.15) is 0 Å². The molecule has 0 atom stereocenters. The molecule has 0 aliphatic carbocycles. The van der Waals surface area contributed by atoms with E-state index >= 15 is 0 Å². The highest BCUT2D eigenvalue weighted by Gasteiger charge is 2.30. The van der Waals surface area contributed by atoms with E-state index in [1.807, 2.05) is 37.3 Å². The second-order valence-electron chi connectivity index (χ2n) is 6.24. The molecule has 0 radical (unpaired) electrons. The highest BCUT2D eigenvalue weighted by atomic mass is 32.1. The van der Waals surface area contributed by atoms with Crippen LogP contribution in [0.2, 0.25) is 0 Å². The molecule has 1 aromatic carbocycles. The number of hydrogen-bond acceptors (Lipinski definition) is 6. The number of amides is 2. The van der Waals surface area contributed by atoms with Gasteiger partial charge in [-0.15, -0.1) is 11.3 Å². The van der Waals surface area contributed by atoms with E-state index in [1.54, 1.807) is 16.4 Å². The van der Waals surface area contributed by atoms with Crippen molar-refractivity contribution in [2.45, 2.75) is 20.3 Å². The molecule has 2 amide bonds. The predicted octanol–water partition coefficient (Wildman–Crippen LogP) is 3.31. The highest BCUT2D eigenvalue weighted by Crippen LogP contribution is 2.29. The fourth-order valence-corrected chi connectivity index (χ4v) is 3.97. The number of nitrogens with one attached hydrogen (secondary N) is 1. The largest absolute Gasteiger partial charge is 0.382 e. The van der Waals surface area contributed by atoms with E-state index in [2.05, 4.69) is 10.3 Å². The highest BCUT2D eigenvalue weighted by molar-refractivity contribution is 7.80. The van der Waals surface area contributed by atoms with Crippen molar-refractivity contribution in [3.05, 3.63) is 47.1 Å². The SMILES string of the molecule is CCOCCCN1C(=O)/C(=C\c2csc(N(C(C)=O)c3ccccc3)n2)NC1=S. The van der Waals surface area contributed by atoms with Crippen LogP contribution in [0.4, 0.5) is 10.8 Å². The lowest BCUT2D eigenvalue weighted by atomic mass is 10.3. The number of aromatic nitrogens is 1. The van der Waals surface area contributed by atoms with E-state index in [1.165, 1.54) is 23.2 Å². The number of carbonyl (C=O) groups excluding carboxylic acids is 2. The molecule has 0 unspecified atom stereocenters. The lowest BCUT2D eigenvalue weighted by molar-refractivity contribution is -0.122. The number of ether oxygens (including phenoxy) is 1. The maximum atomic E-state index is 12.6. The first kappa shape index (κ1) is 21.1. The number of thiazole rings is 1. The van der Waals surface area contributed by atoms with E-state index in [9.17, 15) is 9.59 Å². The monoisotopic (exact) mass is 430 g/mol.